The van der Waals surface area contributed by atoms with Crippen LogP contribution in [0.3, 0.4) is 0 Å². The number of rotatable bonds is 6. The number of carbonyl (C=O) groups is 1. The van der Waals surface area contributed by atoms with E-state index in [1.807, 2.05) is 0 Å². The summed E-state index contributed by atoms with van der Waals surface area (Å²) in [5.74, 6) is -8.29. The van der Waals surface area contributed by atoms with E-state index in [1.165, 1.54) is 25.1 Å². The lowest BCUT2D eigenvalue weighted by Crippen LogP contribution is -2.63. The van der Waals surface area contributed by atoms with Gasteiger partial charge in [0.15, 0.2) is 0 Å². The lowest BCUT2D eigenvalue weighted by Gasteiger charge is -2.46. The third-order valence-electron chi connectivity index (χ3n) is 5.17. The molecule has 1 saturated heterocycles. The summed E-state index contributed by atoms with van der Waals surface area (Å²) in [4.78, 5) is 22.9. The van der Waals surface area contributed by atoms with Crippen molar-refractivity contribution in [3.05, 3.63) is 70.3 Å². The molecule has 0 aliphatic carbocycles. The summed E-state index contributed by atoms with van der Waals surface area (Å²) < 4.78 is 52.0. The summed E-state index contributed by atoms with van der Waals surface area (Å²) in [6, 6.07) is 13.1. The van der Waals surface area contributed by atoms with Crippen molar-refractivity contribution in [1.29, 1.82) is 0 Å². The van der Waals surface area contributed by atoms with Crippen LogP contribution in [-0.2, 0) is 14.3 Å². The van der Waals surface area contributed by atoms with E-state index >= 15 is 0 Å². The quantitative estimate of drug-likeness (QED) is 0.386. The molecule has 11 heteroatoms. The van der Waals surface area contributed by atoms with Crippen molar-refractivity contribution in [2.24, 2.45) is 5.92 Å². The molecule has 8 nitrogen and oxygen atoms in total. The molecule has 32 heavy (non-hydrogen) atoms. The van der Waals surface area contributed by atoms with Gasteiger partial charge in [-0.25, -0.2) is 0 Å². The second kappa shape index (κ2) is 9.13. The van der Waals surface area contributed by atoms with Crippen LogP contribution in [0.4, 0.5) is 24.5 Å². The second-order valence-electron chi connectivity index (χ2n) is 7.24. The van der Waals surface area contributed by atoms with E-state index in [1.54, 1.807) is 30.3 Å². The maximum Gasteiger partial charge on any atom is 0.444 e. The Bertz CT molecular complexity index is 972. The van der Waals surface area contributed by atoms with Gasteiger partial charge in [-0.05, 0) is 18.6 Å². The number of hydrogen-bond acceptors (Lipinski definition) is 7. The largest absolute Gasteiger partial charge is 0.466 e. The van der Waals surface area contributed by atoms with Gasteiger partial charge in [-0.2, -0.15) is 13.2 Å². The summed E-state index contributed by atoms with van der Waals surface area (Å²) in [5, 5.41) is 24.4. The Kier molecular flexibility index (Phi) is 6.70. The summed E-state index contributed by atoms with van der Waals surface area (Å²) in [5.41, 5.74) is 0.221. The number of nitro groups is 1. The van der Waals surface area contributed by atoms with Gasteiger partial charge in [0.05, 0.1) is 11.5 Å². The highest BCUT2D eigenvalue weighted by molar-refractivity contribution is 5.75. The number of esters is 1. The molecule has 172 valence electrons. The topological polar surface area (TPSA) is 111 Å². The van der Waals surface area contributed by atoms with Gasteiger partial charge < -0.3 is 19.9 Å². The van der Waals surface area contributed by atoms with Gasteiger partial charge in [0, 0.05) is 30.2 Å². The van der Waals surface area contributed by atoms with Crippen molar-refractivity contribution in [3.63, 3.8) is 0 Å². The average Bonchev–Trinajstić information content (AvgIpc) is 2.73. The van der Waals surface area contributed by atoms with Crippen LogP contribution in [0.15, 0.2) is 54.6 Å². The number of nitrogens with one attached hydrogen (secondary N) is 1. The fourth-order valence-electron chi connectivity index (χ4n) is 3.79. The summed E-state index contributed by atoms with van der Waals surface area (Å²) >= 11 is 0. The monoisotopic (exact) mass is 454 g/mol. The SMILES string of the molecule is CCOC(=O)C1C(c2ccccc2)CC(Nc2cccc([N+](=O)[O-])c2)OC1(O)C(F)(F)F. The van der Waals surface area contributed by atoms with E-state index < -0.39 is 40.9 Å². The molecule has 2 N–H and O–H groups in total. The number of nitrogens with zero attached hydrogens (tertiary/aromatic N) is 1. The van der Waals surface area contributed by atoms with Crippen LogP contribution in [-0.4, -0.2) is 40.8 Å². The predicted octanol–water partition coefficient (Wildman–Crippen LogP) is 3.97. The number of aliphatic hydroxyl groups is 1. The molecule has 1 aliphatic rings. The Labute approximate surface area is 181 Å². The molecule has 1 heterocycles. The number of alkyl halides is 3. The van der Waals surface area contributed by atoms with Crippen molar-refractivity contribution < 1.29 is 37.5 Å². The zero-order valence-electron chi connectivity index (χ0n) is 16.9. The van der Waals surface area contributed by atoms with Crippen molar-refractivity contribution in [2.75, 3.05) is 11.9 Å². The van der Waals surface area contributed by atoms with Gasteiger partial charge in [0.1, 0.15) is 12.1 Å². The number of ether oxygens (including phenoxy) is 2. The number of hydrogen-bond donors (Lipinski definition) is 2. The van der Waals surface area contributed by atoms with Crippen LogP contribution < -0.4 is 5.32 Å². The Hall–Kier alpha value is -3.18. The summed E-state index contributed by atoms with van der Waals surface area (Å²) in [6.07, 6.45) is -6.89. The zero-order valence-corrected chi connectivity index (χ0v) is 16.9. The zero-order chi connectivity index (χ0) is 23.5. The van der Waals surface area contributed by atoms with Gasteiger partial charge in [0.25, 0.3) is 11.5 Å². The van der Waals surface area contributed by atoms with Crippen molar-refractivity contribution in [3.8, 4) is 0 Å². The Morgan fingerprint density at radius 3 is 2.56 bits per heavy atom. The molecule has 1 fully saturated rings. The maximum atomic E-state index is 14.0. The predicted molar refractivity (Wildman–Crippen MR) is 107 cm³/mol. The van der Waals surface area contributed by atoms with Crippen molar-refractivity contribution in [2.45, 2.75) is 37.5 Å². The van der Waals surface area contributed by atoms with E-state index in [9.17, 15) is 33.2 Å². The minimum atomic E-state index is -5.33. The van der Waals surface area contributed by atoms with Crippen LogP contribution in [0, 0.1) is 16.0 Å². The van der Waals surface area contributed by atoms with Gasteiger partial charge >= 0.3 is 12.1 Å². The fraction of sp³-hybridized carbons (Fsp3) is 0.381. The van der Waals surface area contributed by atoms with Gasteiger partial charge in [-0.1, -0.05) is 36.4 Å². The number of carbonyl (C=O) groups excluding carboxylic acids is 1. The molecule has 0 amide bonds. The molecule has 4 unspecified atom stereocenters. The normalized spacial score (nSPS) is 25.7. The van der Waals surface area contributed by atoms with Crippen LogP contribution >= 0.6 is 0 Å². The highest BCUT2D eigenvalue weighted by atomic mass is 19.4. The molecule has 2 aromatic rings. The highest BCUT2D eigenvalue weighted by Crippen LogP contribution is 2.50. The molecule has 3 rings (SSSR count). The number of benzene rings is 2. The van der Waals surface area contributed by atoms with Crippen molar-refractivity contribution >= 4 is 17.3 Å². The standard InChI is InChI=1S/C21H21F3N2O6/c1-2-31-19(27)18-16(13-7-4-3-5-8-13)12-17(32-20(18,28)21(22,23)24)25-14-9-6-10-15(11-14)26(29)30/h3-11,16-18,25,28H,2,12H2,1H3. The first-order valence-electron chi connectivity index (χ1n) is 9.76. The van der Waals surface area contributed by atoms with E-state index in [0.29, 0.717) is 5.56 Å². The van der Waals surface area contributed by atoms with Crippen molar-refractivity contribution in [1.82, 2.24) is 0 Å². The smallest absolute Gasteiger partial charge is 0.444 e. The molecule has 2 aromatic carbocycles. The van der Waals surface area contributed by atoms with Crippen LogP contribution in [0.2, 0.25) is 0 Å². The summed E-state index contributed by atoms with van der Waals surface area (Å²) in [6.45, 7) is 1.26. The first-order valence-corrected chi connectivity index (χ1v) is 9.76. The van der Waals surface area contributed by atoms with E-state index in [2.05, 4.69) is 5.32 Å². The van der Waals surface area contributed by atoms with E-state index in [4.69, 9.17) is 9.47 Å². The number of non-ortho nitro benzene ring substituents is 1. The van der Waals surface area contributed by atoms with Crippen LogP contribution in [0.1, 0.15) is 24.8 Å². The Balaban J connectivity index is 2.03. The number of halogens is 3. The molecule has 0 aromatic heterocycles. The van der Waals surface area contributed by atoms with Gasteiger partial charge in [-0.15, -0.1) is 0 Å². The maximum absolute atomic E-state index is 14.0. The number of nitro benzene ring substituents is 1. The molecule has 0 saturated carbocycles. The molecule has 0 bridgehead atoms. The Morgan fingerprint density at radius 2 is 1.97 bits per heavy atom. The van der Waals surface area contributed by atoms with Gasteiger partial charge in [0.2, 0.25) is 0 Å². The van der Waals surface area contributed by atoms with E-state index in [-0.39, 0.29) is 24.4 Å². The molecular formula is C21H21F3N2O6. The molecule has 0 spiro atoms. The average molecular weight is 454 g/mol. The highest BCUT2D eigenvalue weighted by Gasteiger charge is 2.68. The molecule has 1 aliphatic heterocycles. The lowest BCUT2D eigenvalue weighted by molar-refractivity contribution is -0.405. The first kappa shape index (κ1) is 23.5. The molecular weight excluding hydrogens is 433 g/mol. The minimum Gasteiger partial charge on any atom is -0.466 e. The number of anilines is 1. The van der Waals surface area contributed by atoms with Crippen LogP contribution in [0.5, 0.6) is 0 Å². The summed E-state index contributed by atoms with van der Waals surface area (Å²) in [7, 11) is 0. The first-order chi connectivity index (χ1) is 15.1. The Morgan fingerprint density at radius 1 is 1.28 bits per heavy atom. The molecule has 4 atom stereocenters. The third-order valence-corrected chi connectivity index (χ3v) is 5.17. The van der Waals surface area contributed by atoms with Crippen LogP contribution in [0.25, 0.3) is 0 Å². The third kappa shape index (κ3) is 4.68. The fourth-order valence-corrected chi connectivity index (χ4v) is 3.79. The second-order valence-corrected chi connectivity index (χ2v) is 7.24. The minimum absolute atomic E-state index is 0.120. The van der Waals surface area contributed by atoms with E-state index in [0.717, 1.165) is 6.07 Å². The molecule has 0 radical (unpaired) electrons. The van der Waals surface area contributed by atoms with Gasteiger partial charge in [-0.3, -0.25) is 14.9 Å². The lowest BCUT2D eigenvalue weighted by atomic mass is 9.75.